The maximum atomic E-state index is 12.2. The average molecular weight is 453 g/mol. The van der Waals surface area contributed by atoms with Crippen LogP contribution in [-0.4, -0.2) is 22.1 Å². The van der Waals surface area contributed by atoms with Crippen molar-refractivity contribution in [3.05, 3.63) is 81.3 Å². The Bertz CT molecular complexity index is 1180. The van der Waals surface area contributed by atoms with E-state index in [2.05, 4.69) is 20.5 Å². The molecular formula is C22H17ClN4OS2. The fraction of sp³-hybridized carbons (Fsp3) is 0.0909. The number of hydrazone groups is 1. The van der Waals surface area contributed by atoms with E-state index in [0.29, 0.717) is 10.7 Å². The van der Waals surface area contributed by atoms with Crippen LogP contribution in [0.3, 0.4) is 0 Å². The zero-order chi connectivity index (χ0) is 20.9. The molecule has 5 nitrogen and oxygen atoms in total. The lowest BCUT2D eigenvalue weighted by molar-refractivity contribution is -0.120. The van der Waals surface area contributed by atoms with Crippen molar-refractivity contribution in [1.29, 1.82) is 0 Å². The summed E-state index contributed by atoms with van der Waals surface area (Å²) in [6.45, 7) is 1.93. The van der Waals surface area contributed by atoms with Crippen molar-refractivity contribution in [2.24, 2.45) is 5.10 Å². The Labute approximate surface area is 187 Å². The van der Waals surface area contributed by atoms with Crippen molar-refractivity contribution in [3.63, 3.8) is 0 Å². The van der Waals surface area contributed by atoms with Gasteiger partial charge in [0, 0.05) is 21.5 Å². The number of aryl methyl sites for hydroxylation is 1. The van der Waals surface area contributed by atoms with E-state index in [1.807, 2.05) is 66.9 Å². The van der Waals surface area contributed by atoms with Crippen molar-refractivity contribution in [2.75, 3.05) is 0 Å². The van der Waals surface area contributed by atoms with Crippen molar-refractivity contribution < 1.29 is 4.79 Å². The molecule has 4 aromatic rings. The van der Waals surface area contributed by atoms with Crippen LogP contribution >= 0.6 is 34.3 Å². The Hall–Kier alpha value is -2.87. The van der Waals surface area contributed by atoms with Crippen molar-refractivity contribution in [3.8, 4) is 21.1 Å². The van der Waals surface area contributed by atoms with E-state index >= 15 is 0 Å². The molecule has 2 aromatic carbocycles. The van der Waals surface area contributed by atoms with E-state index in [1.165, 1.54) is 22.7 Å². The summed E-state index contributed by atoms with van der Waals surface area (Å²) in [4.78, 5) is 22.2. The van der Waals surface area contributed by atoms with Crippen LogP contribution in [0.2, 0.25) is 5.02 Å². The van der Waals surface area contributed by atoms with E-state index in [9.17, 15) is 4.79 Å². The van der Waals surface area contributed by atoms with Gasteiger partial charge in [-0.1, -0.05) is 54.1 Å². The second kappa shape index (κ2) is 9.30. The first-order valence-electron chi connectivity index (χ1n) is 9.13. The van der Waals surface area contributed by atoms with Gasteiger partial charge >= 0.3 is 0 Å². The van der Waals surface area contributed by atoms with Gasteiger partial charge in [-0.2, -0.15) is 5.10 Å². The number of benzene rings is 2. The quantitative estimate of drug-likeness (QED) is 0.306. The summed E-state index contributed by atoms with van der Waals surface area (Å²) in [6.07, 6.45) is 1.80. The molecule has 0 unspecified atom stereocenters. The monoisotopic (exact) mass is 452 g/mol. The molecule has 0 aliphatic rings. The SMILES string of the molecule is Cc1nc(-c2ccccc2)sc1/C=N\NC(=O)Cc1csc(-c2ccc(Cl)cc2)n1. The minimum Gasteiger partial charge on any atom is -0.273 e. The summed E-state index contributed by atoms with van der Waals surface area (Å²) in [6, 6.07) is 17.5. The molecule has 0 saturated carbocycles. The summed E-state index contributed by atoms with van der Waals surface area (Å²) in [5, 5.41) is 8.43. The second-order valence-electron chi connectivity index (χ2n) is 6.46. The molecule has 4 rings (SSSR count). The normalized spacial score (nSPS) is 11.1. The van der Waals surface area contributed by atoms with Crippen LogP contribution in [0.25, 0.3) is 21.1 Å². The molecule has 150 valence electrons. The molecule has 0 spiro atoms. The molecule has 0 aliphatic carbocycles. The van der Waals surface area contributed by atoms with E-state index in [4.69, 9.17) is 11.6 Å². The Balaban J connectivity index is 1.36. The van der Waals surface area contributed by atoms with Crippen LogP contribution in [0, 0.1) is 6.92 Å². The van der Waals surface area contributed by atoms with Crippen molar-refractivity contribution in [1.82, 2.24) is 15.4 Å². The number of carbonyl (C=O) groups is 1. The molecule has 1 N–H and O–H groups in total. The minimum atomic E-state index is -0.218. The molecule has 0 fully saturated rings. The van der Waals surface area contributed by atoms with E-state index < -0.39 is 0 Å². The van der Waals surface area contributed by atoms with Gasteiger partial charge in [0.2, 0.25) is 5.91 Å². The fourth-order valence-corrected chi connectivity index (χ4v) is 4.61. The van der Waals surface area contributed by atoms with Crippen LogP contribution in [0.1, 0.15) is 16.3 Å². The number of nitrogens with one attached hydrogen (secondary N) is 1. The largest absolute Gasteiger partial charge is 0.273 e. The maximum absolute atomic E-state index is 12.2. The molecule has 0 aliphatic heterocycles. The van der Waals surface area contributed by atoms with Gasteiger partial charge in [0.05, 0.1) is 28.9 Å². The highest BCUT2D eigenvalue weighted by Gasteiger charge is 2.10. The Kier molecular flexibility index (Phi) is 6.32. The fourth-order valence-electron chi connectivity index (χ4n) is 2.71. The first kappa shape index (κ1) is 20.4. The lowest BCUT2D eigenvalue weighted by Crippen LogP contribution is -2.19. The number of carbonyl (C=O) groups excluding carboxylic acids is 1. The molecule has 1 amide bonds. The summed E-state index contributed by atoms with van der Waals surface area (Å²) in [5.41, 5.74) is 6.19. The topological polar surface area (TPSA) is 67.2 Å². The van der Waals surface area contributed by atoms with Crippen molar-refractivity contribution >= 4 is 46.4 Å². The number of amides is 1. The van der Waals surface area contributed by atoms with Gasteiger partial charge in [0.1, 0.15) is 10.0 Å². The van der Waals surface area contributed by atoms with Crippen molar-refractivity contribution in [2.45, 2.75) is 13.3 Å². The molecule has 0 atom stereocenters. The predicted octanol–water partition coefficient (Wildman–Crippen LogP) is 5.59. The molecule has 2 aromatic heterocycles. The highest BCUT2D eigenvalue weighted by atomic mass is 35.5. The van der Waals surface area contributed by atoms with Gasteiger partial charge < -0.3 is 0 Å². The number of hydrogen-bond acceptors (Lipinski definition) is 6. The zero-order valence-electron chi connectivity index (χ0n) is 16.0. The van der Waals surface area contributed by atoms with Crippen LogP contribution in [0.15, 0.2) is 65.1 Å². The summed E-state index contributed by atoms with van der Waals surface area (Å²) in [5.74, 6) is -0.218. The third-order valence-electron chi connectivity index (χ3n) is 4.21. The minimum absolute atomic E-state index is 0.165. The van der Waals surface area contributed by atoms with Gasteiger partial charge in [0.15, 0.2) is 0 Å². The van der Waals surface area contributed by atoms with E-state index in [1.54, 1.807) is 6.21 Å². The molecular weight excluding hydrogens is 436 g/mol. The number of halogens is 1. The molecule has 8 heteroatoms. The third kappa shape index (κ3) is 4.99. The number of aromatic nitrogens is 2. The molecule has 0 saturated heterocycles. The second-order valence-corrected chi connectivity index (χ2v) is 8.78. The highest BCUT2D eigenvalue weighted by molar-refractivity contribution is 7.16. The van der Waals surface area contributed by atoms with Gasteiger partial charge in [-0.3, -0.25) is 4.79 Å². The van der Waals surface area contributed by atoms with Crippen LogP contribution < -0.4 is 5.43 Å². The summed E-state index contributed by atoms with van der Waals surface area (Å²) in [7, 11) is 0. The Morgan fingerprint density at radius 1 is 1.07 bits per heavy atom. The van der Waals surface area contributed by atoms with Crippen LogP contribution in [-0.2, 0) is 11.2 Å². The predicted molar refractivity (Wildman–Crippen MR) is 124 cm³/mol. The molecule has 2 heterocycles. The number of rotatable bonds is 6. The maximum Gasteiger partial charge on any atom is 0.246 e. The number of hydrogen-bond donors (Lipinski definition) is 1. The summed E-state index contributed by atoms with van der Waals surface area (Å²) < 4.78 is 0. The summed E-state index contributed by atoms with van der Waals surface area (Å²) >= 11 is 8.95. The molecule has 30 heavy (non-hydrogen) atoms. The van der Waals surface area contributed by atoms with Crippen LogP contribution in [0.4, 0.5) is 0 Å². The lowest BCUT2D eigenvalue weighted by atomic mass is 10.2. The Morgan fingerprint density at radius 2 is 1.80 bits per heavy atom. The standard InChI is InChI=1S/C22H17ClN4OS2/c1-14-19(30-22(25-14)15-5-3-2-4-6-15)12-24-27-20(28)11-18-13-29-21(26-18)16-7-9-17(23)10-8-16/h2-10,12-13H,11H2,1H3,(H,27,28)/b24-12-. The van der Waals surface area contributed by atoms with Gasteiger partial charge in [-0.25, -0.2) is 15.4 Å². The average Bonchev–Trinajstić information content (AvgIpc) is 3.36. The lowest BCUT2D eigenvalue weighted by Gasteiger charge is -1.97. The zero-order valence-corrected chi connectivity index (χ0v) is 18.4. The van der Waals surface area contributed by atoms with E-state index in [-0.39, 0.29) is 12.3 Å². The number of nitrogens with zero attached hydrogens (tertiary/aromatic N) is 3. The third-order valence-corrected chi connectivity index (χ3v) is 6.54. The van der Waals surface area contributed by atoms with Gasteiger partial charge in [-0.05, 0) is 19.1 Å². The first-order valence-corrected chi connectivity index (χ1v) is 11.2. The van der Waals surface area contributed by atoms with Gasteiger partial charge in [0.25, 0.3) is 0 Å². The number of thiazole rings is 2. The van der Waals surface area contributed by atoms with Crippen LogP contribution in [0.5, 0.6) is 0 Å². The first-order chi connectivity index (χ1) is 14.6. The van der Waals surface area contributed by atoms with E-state index in [0.717, 1.165) is 31.7 Å². The Morgan fingerprint density at radius 3 is 2.57 bits per heavy atom. The highest BCUT2D eigenvalue weighted by Crippen LogP contribution is 2.27. The van der Waals surface area contributed by atoms with Gasteiger partial charge in [-0.15, -0.1) is 22.7 Å². The smallest absolute Gasteiger partial charge is 0.246 e. The molecule has 0 bridgehead atoms. The molecule has 0 radical (unpaired) electrons.